The molecule has 0 aliphatic rings. The first-order valence-electron chi connectivity index (χ1n) is 7.49. The second kappa shape index (κ2) is 9.16. The van der Waals surface area contributed by atoms with Gasteiger partial charge < -0.3 is 9.84 Å². The lowest BCUT2D eigenvalue weighted by Gasteiger charge is -2.19. The standard InChI is InChI=1S/C17H24O4/c1-3-4-8-11-21-17(20)13(2)15(16(18)19)12-14-9-6-5-7-10-14/h5-7,9-10,13,15H,3-4,8,11-12H2,1-2H3,(H,18,19)/t13-,15+/m1/s1. The minimum atomic E-state index is -0.961. The summed E-state index contributed by atoms with van der Waals surface area (Å²) in [5.41, 5.74) is 0.913. The molecule has 0 unspecified atom stereocenters. The van der Waals surface area contributed by atoms with Gasteiger partial charge in [-0.3, -0.25) is 9.59 Å². The Labute approximate surface area is 126 Å². The predicted octanol–water partition coefficient (Wildman–Crippen LogP) is 3.30. The fraction of sp³-hybridized carbons (Fsp3) is 0.529. The van der Waals surface area contributed by atoms with Crippen molar-refractivity contribution in [1.29, 1.82) is 0 Å². The summed E-state index contributed by atoms with van der Waals surface area (Å²) in [5.74, 6) is -2.79. The van der Waals surface area contributed by atoms with Crippen LogP contribution in [0.25, 0.3) is 0 Å². The van der Waals surface area contributed by atoms with Gasteiger partial charge in [-0.25, -0.2) is 0 Å². The Morgan fingerprint density at radius 1 is 1.19 bits per heavy atom. The number of unbranched alkanes of at least 4 members (excludes halogenated alkanes) is 2. The minimum Gasteiger partial charge on any atom is -0.481 e. The third kappa shape index (κ3) is 5.98. The highest BCUT2D eigenvalue weighted by Crippen LogP contribution is 2.19. The molecule has 0 radical (unpaired) electrons. The van der Waals surface area contributed by atoms with Crippen LogP contribution in [0.1, 0.15) is 38.7 Å². The number of rotatable bonds is 9. The van der Waals surface area contributed by atoms with Gasteiger partial charge in [-0.2, -0.15) is 0 Å². The molecule has 0 spiro atoms. The van der Waals surface area contributed by atoms with Crippen molar-refractivity contribution < 1.29 is 19.4 Å². The Morgan fingerprint density at radius 2 is 1.86 bits per heavy atom. The first-order chi connectivity index (χ1) is 10.1. The molecule has 1 aromatic carbocycles. The van der Waals surface area contributed by atoms with Crippen molar-refractivity contribution in [1.82, 2.24) is 0 Å². The first-order valence-corrected chi connectivity index (χ1v) is 7.49. The molecule has 4 heteroatoms. The molecule has 0 heterocycles. The van der Waals surface area contributed by atoms with Crippen LogP contribution in [0.4, 0.5) is 0 Å². The largest absolute Gasteiger partial charge is 0.481 e. The van der Waals surface area contributed by atoms with E-state index in [4.69, 9.17) is 4.74 Å². The number of carboxylic acid groups (broad SMARTS) is 1. The van der Waals surface area contributed by atoms with Gasteiger partial charge in [0.2, 0.25) is 0 Å². The van der Waals surface area contributed by atoms with Crippen molar-refractivity contribution >= 4 is 11.9 Å². The Morgan fingerprint density at radius 3 is 2.43 bits per heavy atom. The molecule has 0 aliphatic heterocycles. The highest BCUT2D eigenvalue weighted by atomic mass is 16.5. The summed E-state index contributed by atoms with van der Waals surface area (Å²) in [6.45, 7) is 4.07. The second-order valence-electron chi connectivity index (χ2n) is 5.30. The molecule has 0 saturated carbocycles. The lowest BCUT2D eigenvalue weighted by Crippen LogP contribution is -2.31. The van der Waals surface area contributed by atoms with Gasteiger partial charge in [0.25, 0.3) is 0 Å². The molecule has 116 valence electrons. The average molecular weight is 292 g/mol. The van der Waals surface area contributed by atoms with Crippen molar-refractivity contribution in [2.24, 2.45) is 11.8 Å². The van der Waals surface area contributed by atoms with Crippen LogP contribution in [-0.2, 0) is 20.7 Å². The zero-order chi connectivity index (χ0) is 15.7. The zero-order valence-electron chi connectivity index (χ0n) is 12.7. The Kier molecular flexibility index (Phi) is 7.51. The second-order valence-corrected chi connectivity index (χ2v) is 5.30. The Bertz CT molecular complexity index is 441. The number of carboxylic acids is 1. The fourth-order valence-electron chi connectivity index (χ4n) is 2.17. The number of hydrogen-bond acceptors (Lipinski definition) is 3. The zero-order valence-corrected chi connectivity index (χ0v) is 12.7. The molecule has 0 fully saturated rings. The van der Waals surface area contributed by atoms with Crippen LogP contribution < -0.4 is 0 Å². The van der Waals surface area contributed by atoms with E-state index in [0.717, 1.165) is 24.8 Å². The van der Waals surface area contributed by atoms with E-state index >= 15 is 0 Å². The van der Waals surface area contributed by atoms with Crippen LogP contribution in [0.15, 0.2) is 30.3 Å². The van der Waals surface area contributed by atoms with E-state index in [1.165, 1.54) is 0 Å². The third-order valence-electron chi connectivity index (χ3n) is 3.58. The van der Waals surface area contributed by atoms with Gasteiger partial charge in [-0.05, 0) is 18.4 Å². The van der Waals surface area contributed by atoms with Crippen LogP contribution in [0, 0.1) is 11.8 Å². The predicted molar refractivity (Wildman–Crippen MR) is 80.9 cm³/mol. The molecule has 0 aromatic heterocycles. The average Bonchev–Trinajstić information content (AvgIpc) is 2.49. The molecule has 0 aliphatic carbocycles. The van der Waals surface area contributed by atoms with Gasteiger partial charge >= 0.3 is 11.9 Å². The van der Waals surface area contributed by atoms with Crippen molar-refractivity contribution in [3.8, 4) is 0 Å². The van der Waals surface area contributed by atoms with Crippen molar-refractivity contribution in [2.75, 3.05) is 6.61 Å². The van der Waals surface area contributed by atoms with Crippen LogP contribution in [0.2, 0.25) is 0 Å². The van der Waals surface area contributed by atoms with Gasteiger partial charge in [0.1, 0.15) is 0 Å². The van der Waals surface area contributed by atoms with Gasteiger partial charge in [0.05, 0.1) is 18.4 Å². The molecular formula is C17H24O4. The van der Waals surface area contributed by atoms with Crippen LogP contribution in [0.5, 0.6) is 0 Å². The number of benzene rings is 1. The lowest BCUT2D eigenvalue weighted by molar-refractivity contribution is -0.157. The maximum atomic E-state index is 12.0. The molecule has 21 heavy (non-hydrogen) atoms. The molecule has 0 amide bonds. The van der Waals surface area contributed by atoms with E-state index in [1.54, 1.807) is 6.92 Å². The monoisotopic (exact) mass is 292 g/mol. The number of carbonyl (C=O) groups is 2. The quantitative estimate of drug-likeness (QED) is 0.560. The van der Waals surface area contributed by atoms with Gasteiger partial charge in [0.15, 0.2) is 0 Å². The maximum Gasteiger partial charge on any atom is 0.309 e. The van der Waals surface area contributed by atoms with E-state index in [9.17, 15) is 14.7 Å². The molecule has 1 N–H and O–H groups in total. The Balaban J connectivity index is 2.58. The number of aliphatic carboxylic acids is 1. The van der Waals surface area contributed by atoms with Crippen molar-refractivity contribution in [3.63, 3.8) is 0 Å². The highest BCUT2D eigenvalue weighted by molar-refractivity contribution is 5.81. The molecule has 4 nitrogen and oxygen atoms in total. The third-order valence-corrected chi connectivity index (χ3v) is 3.58. The van der Waals surface area contributed by atoms with Gasteiger partial charge in [0, 0.05) is 0 Å². The van der Waals surface area contributed by atoms with Crippen molar-refractivity contribution in [3.05, 3.63) is 35.9 Å². The lowest BCUT2D eigenvalue weighted by atomic mass is 9.88. The number of hydrogen-bond donors (Lipinski definition) is 1. The SMILES string of the molecule is CCCCCOC(=O)[C@H](C)[C@H](Cc1ccccc1)C(=O)O. The van der Waals surface area contributed by atoms with E-state index in [-0.39, 0.29) is 0 Å². The molecule has 1 aromatic rings. The maximum absolute atomic E-state index is 12.0. The van der Waals surface area contributed by atoms with Gasteiger partial charge in [-0.1, -0.05) is 57.0 Å². The smallest absolute Gasteiger partial charge is 0.309 e. The van der Waals surface area contributed by atoms with Crippen LogP contribution >= 0.6 is 0 Å². The fourth-order valence-corrected chi connectivity index (χ4v) is 2.17. The molecule has 1 rings (SSSR count). The summed E-state index contributed by atoms with van der Waals surface area (Å²) in [4.78, 5) is 23.4. The van der Waals surface area contributed by atoms with Gasteiger partial charge in [-0.15, -0.1) is 0 Å². The summed E-state index contributed by atoms with van der Waals surface area (Å²) in [5, 5.41) is 9.36. The first kappa shape index (κ1) is 17.2. The van der Waals surface area contributed by atoms with E-state index in [0.29, 0.717) is 13.0 Å². The molecule has 2 atom stereocenters. The van der Waals surface area contributed by atoms with E-state index in [1.807, 2.05) is 30.3 Å². The number of esters is 1. The number of ether oxygens (including phenoxy) is 1. The summed E-state index contributed by atoms with van der Waals surface area (Å²) in [6, 6.07) is 9.35. The van der Waals surface area contributed by atoms with Crippen LogP contribution in [-0.4, -0.2) is 23.7 Å². The minimum absolute atomic E-state index is 0.335. The summed E-state index contributed by atoms with van der Waals surface area (Å²) >= 11 is 0. The normalized spacial score (nSPS) is 13.4. The van der Waals surface area contributed by atoms with Crippen LogP contribution in [0.3, 0.4) is 0 Å². The topological polar surface area (TPSA) is 63.6 Å². The summed E-state index contributed by atoms with van der Waals surface area (Å²) in [7, 11) is 0. The summed E-state index contributed by atoms with van der Waals surface area (Å²) < 4.78 is 5.17. The molecular weight excluding hydrogens is 268 g/mol. The van der Waals surface area contributed by atoms with E-state index in [2.05, 4.69) is 6.92 Å². The molecule has 0 saturated heterocycles. The number of carbonyl (C=O) groups excluding carboxylic acids is 1. The Hall–Kier alpha value is -1.84. The molecule has 0 bridgehead atoms. The van der Waals surface area contributed by atoms with E-state index < -0.39 is 23.8 Å². The summed E-state index contributed by atoms with van der Waals surface area (Å²) in [6.07, 6.45) is 3.22. The highest BCUT2D eigenvalue weighted by Gasteiger charge is 2.31. The van der Waals surface area contributed by atoms with Crippen molar-refractivity contribution in [2.45, 2.75) is 39.5 Å².